The summed E-state index contributed by atoms with van der Waals surface area (Å²) in [5.74, 6) is -2.09. The Kier molecular flexibility index (Phi) is 6.39. The van der Waals surface area contributed by atoms with E-state index in [1.165, 1.54) is 31.4 Å². The Hall–Kier alpha value is -2.21. The van der Waals surface area contributed by atoms with Crippen molar-refractivity contribution < 1.29 is 23.8 Å². The van der Waals surface area contributed by atoms with E-state index < -0.39 is 23.7 Å². The van der Waals surface area contributed by atoms with Crippen molar-refractivity contribution in [3.63, 3.8) is 0 Å². The normalized spacial score (nSPS) is 12.3. The molecule has 1 aromatic carbocycles. The Bertz CT molecular complexity index is 502. The number of carbonyl (C=O) groups is 2. The van der Waals surface area contributed by atoms with Gasteiger partial charge in [0.15, 0.2) is 0 Å². The minimum atomic E-state index is -1.13. The molecule has 0 aliphatic heterocycles. The number of carbonyl (C=O) groups excluding carboxylic acids is 1. The maximum atomic E-state index is 12.9. The van der Waals surface area contributed by atoms with Gasteiger partial charge in [0.2, 0.25) is 5.91 Å². The zero-order valence-electron chi connectivity index (χ0n) is 11.0. The molecule has 0 saturated heterocycles. The van der Waals surface area contributed by atoms with Crippen LogP contribution in [0.15, 0.2) is 30.3 Å². The third-order valence-corrected chi connectivity index (χ3v) is 2.50. The van der Waals surface area contributed by atoms with E-state index in [9.17, 15) is 14.0 Å². The van der Waals surface area contributed by atoms with Crippen LogP contribution < -0.4 is 5.32 Å². The first-order valence-corrected chi connectivity index (χ1v) is 5.99. The summed E-state index contributed by atoms with van der Waals surface area (Å²) in [7, 11) is 1.45. The smallest absolute Gasteiger partial charge is 0.326 e. The van der Waals surface area contributed by atoms with Crippen molar-refractivity contribution in [1.82, 2.24) is 5.32 Å². The molecule has 0 bridgehead atoms. The first-order chi connectivity index (χ1) is 9.52. The fourth-order valence-electron chi connectivity index (χ4n) is 1.50. The third-order valence-electron chi connectivity index (χ3n) is 2.50. The molecular formula is C14H16FNO4. The molecule has 108 valence electrons. The van der Waals surface area contributed by atoms with Gasteiger partial charge in [-0.15, -0.1) is 0 Å². The molecule has 0 saturated carbocycles. The minimum Gasteiger partial charge on any atom is -0.480 e. The molecule has 0 fully saturated rings. The van der Waals surface area contributed by atoms with Crippen LogP contribution in [0.25, 0.3) is 6.08 Å². The summed E-state index contributed by atoms with van der Waals surface area (Å²) in [5.41, 5.74) is 0.518. The first-order valence-electron chi connectivity index (χ1n) is 5.99. The van der Waals surface area contributed by atoms with E-state index in [1.54, 1.807) is 6.07 Å². The summed E-state index contributed by atoms with van der Waals surface area (Å²) in [5, 5.41) is 11.3. The van der Waals surface area contributed by atoms with Crippen LogP contribution in [-0.4, -0.2) is 36.7 Å². The van der Waals surface area contributed by atoms with Crippen molar-refractivity contribution in [2.75, 3.05) is 13.7 Å². The van der Waals surface area contributed by atoms with Gasteiger partial charge >= 0.3 is 5.97 Å². The Morgan fingerprint density at radius 1 is 1.50 bits per heavy atom. The Morgan fingerprint density at radius 2 is 2.25 bits per heavy atom. The second-order valence-electron chi connectivity index (χ2n) is 4.07. The lowest BCUT2D eigenvalue weighted by molar-refractivity contribution is -0.141. The Labute approximate surface area is 116 Å². The highest BCUT2D eigenvalue weighted by atomic mass is 19.1. The molecule has 1 rings (SSSR count). The molecule has 1 amide bonds. The molecule has 6 heteroatoms. The van der Waals surface area contributed by atoms with Gasteiger partial charge in [-0.2, -0.15) is 0 Å². The molecule has 0 aliphatic rings. The first kappa shape index (κ1) is 15.8. The molecule has 20 heavy (non-hydrogen) atoms. The summed E-state index contributed by atoms with van der Waals surface area (Å²) in [4.78, 5) is 22.5. The summed E-state index contributed by atoms with van der Waals surface area (Å²) >= 11 is 0. The van der Waals surface area contributed by atoms with Crippen molar-refractivity contribution >= 4 is 18.0 Å². The van der Waals surface area contributed by atoms with Gasteiger partial charge in [0.1, 0.15) is 11.9 Å². The third kappa shape index (κ3) is 5.62. The number of hydrogen-bond donors (Lipinski definition) is 2. The lowest BCUT2D eigenvalue weighted by Crippen LogP contribution is -2.40. The van der Waals surface area contributed by atoms with Crippen LogP contribution in [0.4, 0.5) is 4.39 Å². The fourth-order valence-corrected chi connectivity index (χ4v) is 1.50. The molecule has 2 N–H and O–H groups in total. The van der Waals surface area contributed by atoms with E-state index in [4.69, 9.17) is 9.84 Å². The number of aliphatic carboxylic acids is 1. The number of amides is 1. The van der Waals surface area contributed by atoms with E-state index >= 15 is 0 Å². The number of nitrogens with one attached hydrogen (secondary N) is 1. The van der Waals surface area contributed by atoms with Crippen molar-refractivity contribution in [2.24, 2.45) is 0 Å². The SMILES string of the molecule is COCCC(NC(=O)C=Cc1cccc(F)c1)C(=O)O. The highest BCUT2D eigenvalue weighted by Crippen LogP contribution is 2.05. The van der Waals surface area contributed by atoms with Crippen molar-refractivity contribution in [3.05, 3.63) is 41.7 Å². The van der Waals surface area contributed by atoms with Gasteiger partial charge in [0.25, 0.3) is 0 Å². The van der Waals surface area contributed by atoms with Crippen LogP contribution in [0.5, 0.6) is 0 Å². The summed E-state index contributed by atoms with van der Waals surface area (Å²) in [6.07, 6.45) is 2.75. The van der Waals surface area contributed by atoms with E-state index in [2.05, 4.69) is 5.32 Å². The number of ether oxygens (including phenoxy) is 1. The molecule has 0 aromatic heterocycles. The molecular weight excluding hydrogens is 265 g/mol. The molecule has 1 aromatic rings. The van der Waals surface area contributed by atoms with Gasteiger partial charge in [0.05, 0.1) is 0 Å². The van der Waals surface area contributed by atoms with Crippen LogP contribution in [0, 0.1) is 5.82 Å². The monoisotopic (exact) mass is 281 g/mol. The largest absolute Gasteiger partial charge is 0.480 e. The van der Waals surface area contributed by atoms with Gasteiger partial charge in [-0.1, -0.05) is 12.1 Å². The number of halogens is 1. The highest BCUT2D eigenvalue weighted by Gasteiger charge is 2.18. The van der Waals surface area contributed by atoms with Gasteiger partial charge in [-0.25, -0.2) is 9.18 Å². The summed E-state index contributed by atoms with van der Waals surface area (Å²) < 4.78 is 17.7. The van der Waals surface area contributed by atoms with Crippen LogP contribution >= 0.6 is 0 Å². The molecule has 5 nitrogen and oxygen atoms in total. The number of methoxy groups -OCH3 is 1. The fraction of sp³-hybridized carbons (Fsp3) is 0.286. The zero-order valence-corrected chi connectivity index (χ0v) is 11.0. The Balaban J connectivity index is 2.59. The van der Waals surface area contributed by atoms with Crippen LogP contribution in [0.3, 0.4) is 0 Å². The lowest BCUT2D eigenvalue weighted by atomic mass is 10.2. The van der Waals surface area contributed by atoms with Crippen molar-refractivity contribution in [1.29, 1.82) is 0 Å². The molecule has 1 atom stereocenters. The maximum Gasteiger partial charge on any atom is 0.326 e. The van der Waals surface area contributed by atoms with E-state index in [0.717, 1.165) is 6.08 Å². The molecule has 0 aliphatic carbocycles. The zero-order chi connectivity index (χ0) is 15.0. The minimum absolute atomic E-state index is 0.172. The quantitative estimate of drug-likeness (QED) is 0.742. The van der Waals surface area contributed by atoms with Gasteiger partial charge in [-0.05, 0) is 23.8 Å². The van der Waals surface area contributed by atoms with Gasteiger partial charge < -0.3 is 15.2 Å². The average molecular weight is 281 g/mol. The molecule has 0 spiro atoms. The van der Waals surface area contributed by atoms with E-state index in [1.807, 2.05) is 0 Å². The summed E-state index contributed by atoms with van der Waals surface area (Å²) in [6.45, 7) is 0.227. The average Bonchev–Trinajstić information content (AvgIpc) is 2.41. The van der Waals surface area contributed by atoms with Crippen LogP contribution in [0.1, 0.15) is 12.0 Å². The van der Waals surface area contributed by atoms with Crippen molar-refractivity contribution in [2.45, 2.75) is 12.5 Å². The highest BCUT2D eigenvalue weighted by molar-refractivity contribution is 5.94. The molecule has 0 radical (unpaired) electrons. The standard InChI is InChI=1S/C14H16FNO4/c1-20-8-7-12(14(18)19)16-13(17)6-5-10-3-2-4-11(15)9-10/h2-6,9,12H,7-8H2,1H3,(H,16,17)(H,18,19). The summed E-state index contributed by atoms with van der Waals surface area (Å²) in [6, 6.07) is 4.70. The van der Waals surface area contributed by atoms with E-state index in [0.29, 0.717) is 5.56 Å². The number of benzene rings is 1. The van der Waals surface area contributed by atoms with Gasteiger partial charge in [-0.3, -0.25) is 4.79 Å². The topological polar surface area (TPSA) is 75.6 Å². The number of rotatable bonds is 7. The number of carboxylic acids is 1. The Morgan fingerprint density at radius 3 is 2.85 bits per heavy atom. The van der Waals surface area contributed by atoms with Gasteiger partial charge in [0, 0.05) is 26.2 Å². The second kappa shape index (κ2) is 8.06. The molecule has 1 unspecified atom stereocenters. The lowest BCUT2D eigenvalue weighted by Gasteiger charge is -2.12. The number of hydrogen-bond acceptors (Lipinski definition) is 3. The van der Waals surface area contributed by atoms with Crippen molar-refractivity contribution in [3.8, 4) is 0 Å². The second-order valence-corrected chi connectivity index (χ2v) is 4.07. The van der Waals surface area contributed by atoms with Crippen LogP contribution in [0.2, 0.25) is 0 Å². The van der Waals surface area contributed by atoms with E-state index in [-0.39, 0.29) is 13.0 Å². The molecule has 0 heterocycles. The predicted molar refractivity (Wildman–Crippen MR) is 71.5 cm³/mol. The number of carboxylic acid groups (broad SMARTS) is 1. The maximum absolute atomic E-state index is 12.9. The predicted octanol–water partition coefficient (Wildman–Crippen LogP) is 1.44. The van der Waals surface area contributed by atoms with Crippen LogP contribution in [-0.2, 0) is 14.3 Å².